The van der Waals surface area contributed by atoms with Gasteiger partial charge in [-0.1, -0.05) is 45.8 Å². The molecule has 0 unspecified atom stereocenters. The molecule has 0 radical (unpaired) electrons. The molecule has 4 aromatic rings. The average molecular weight is 427 g/mol. The Morgan fingerprint density at radius 3 is 2.38 bits per heavy atom. The number of nitrogens with zero attached hydrogens (tertiary/aromatic N) is 4. The molecule has 2 heterocycles. The number of hydrogen-bond donors (Lipinski definition) is 0. The van der Waals surface area contributed by atoms with E-state index >= 15 is 0 Å². The van der Waals surface area contributed by atoms with E-state index < -0.39 is 0 Å². The van der Waals surface area contributed by atoms with Crippen LogP contribution in [-0.2, 0) is 0 Å². The van der Waals surface area contributed by atoms with Gasteiger partial charge in [0.15, 0.2) is 5.13 Å². The van der Waals surface area contributed by atoms with Crippen molar-refractivity contribution in [3.63, 3.8) is 0 Å². The highest BCUT2D eigenvalue weighted by atomic mass is 79.9. The van der Waals surface area contributed by atoms with Gasteiger partial charge in [-0.3, -0.25) is 0 Å². The van der Waals surface area contributed by atoms with Crippen molar-refractivity contribution in [3.8, 4) is 22.1 Å². The molecule has 0 N–H and O–H groups in total. The molecular formula is C19H15BrN4OS. The minimum atomic E-state index is -0.219. The van der Waals surface area contributed by atoms with Crippen molar-refractivity contribution in [2.75, 3.05) is 0 Å². The molecule has 0 fully saturated rings. The zero-order valence-corrected chi connectivity index (χ0v) is 16.6. The van der Waals surface area contributed by atoms with Gasteiger partial charge in [-0.25, -0.2) is 14.3 Å². The Morgan fingerprint density at radius 1 is 1.00 bits per heavy atom. The van der Waals surface area contributed by atoms with Gasteiger partial charge in [-0.05, 0) is 38.1 Å². The molecule has 7 heteroatoms. The molecule has 2 aromatic carbocycles. The fourth-order valence-electron chi connectivity index (χ4n) is 2.66. The van der Waals surface area contributed by atoms with Crippen LogP contribution in [0.5, 0.6) is 0 Å². The summed E-state index contributed by atoms with van der Waals surface area (Å²) in [4.78, 5) is 17.5. The van der Waals surface area contributed by atoms with Crippen molar-refractivity contribution >= 4 is 27.3 Å². The average Bonchev–Trinajstić information content (AvgIpc) is 3.21. The van der Waals surface area contributed by atoms with Crippen LogP contribution in [-0.4, -0.2) is 19.3 Å². The smallest absolute Gasteiger partial charge is 0.245 e. The first-order chi connectivity index (χ1) is 12.5. The number of aromatic nitrogens is 4. The summed E-state index contributed by atoms with van der Waals surface area (Å²) in [6.07, 6.45) is 0. The largest absolute Gasteiger partial charge is 0.357 e. The summed E-state index contributed by atoms with van der Waals surface area (Å²) >= 11 is 4.86. The lowest BCUT2D eigenvalue weighted by Crippen LogP contribution is -2.22. The van der Waals surface area contributed by atoms with E-state index in [0.717, 1.165) is 27.0 Å². The first-order valence-electron chi connectivity index (χ1n) is 8.00. The van der Waals surface area contributed by atoms with Crippen molar-refractivity contribution in [1.82, 2.24) is 19.3 Å². The molecule has 0 aliphatic rings. The van der Waals surface area contributed by atoms with E-state index in [4.69, 9.17) is 0 Å². The fraction of sp³-hybridized carbons (Fsp3) is 0.105. The Morgan fingerprint density at radius 2 is 1.69 bits per heavy atom. The third kappa shape index (κ3) is 3.04. The first kappa shape index (κ1) is 16.9. The third-order valence-corrected chi connectivity index (χ3v) is 5.40. The van der Waals surface area contributed by atoms with Gasteiger partial charge in [-0.2, -0.15) is 4.68 Å². The predicted molar refractivity (Wildman–Crippen MR) is 107 cm³/mol. The Balaban J connectivity index is 1.76. The quantitative estimate of drug-likeness (QED) is 0.483. The van der Waals surface area contributed by atoms with Gasteiger partial charge in [0.1, 0.15) is 5.82 Å². The van der Waals surface area contributed by atoms with Gasteiger partial charge in [0.25, 0.3) is 0 Å². The number of aryl methyl sites for hydroxylation is 2. The summed E-state index contributed by atoms with van der Waals surface area (Å²) in [5.41, 5.74) is 3.51. The molecular weight excluding hydrogens is 412 g/mol. The SMILES string of the molecule is Cc1ccc(-n2nc(C)n(-c3nc(-c4ccc(Br)cc4)cs3)c2=O)cc1. The van der Waals surface area contributed by atoms with E-state index in [1.165, 1.54) is 16.0 Å². The molecule has 130 valence electrons. The second-order valence-electron chi connectivity index (χ2n) is 5.93. The second kappa shape index (κ2) is 6.66. The molecule has 2 aromatic heterocycles. The molecule has 0 saturated carbocycles. The Bertz CT molecular complexity index is 1120. The molecule has 0 amide bonds. The van der Waals surface area contributed by atoms with Crippen molar-refractivity contribution in [2.24, 2.45) is 0 Å². The molecule has 4 rings (SSSR count). The van der Waals surface area contributed by atoms with Crippen LogP contribution in [0.25, 0.3) is 22.1 Å². The van der Waals surface area contributed by atoms with Crippen LogP contribution in [0.4, 0.5) is 0 Å². The zero-order valence-electron chi connectivity index (χ0n) is 14.2. The van der Waals surface area contributed by atoms with Gasteiger partial charge < -0.3 is 0 Å². The number of halogens is 1. The fourth-order valence-corrected chi connectivity index (χ4v) is 3.80. The van der Waals surface area contributed by atoms with Gasteiger partial charge in [-0.15, -0.1) is 16.4 Å². The lowest BCUT2D eigenvalue weighted by atomic mass is 10.2. The maximum Gasteiger partial charge on any atom is 0.357 e. The highest BCUT2D eigenvalue weighted by molar-refractivity contribution is 9.10. The standard InChI is InChI=1S/C19H15BrN4OS/c1-12-3-9-16(10-4-12)24-19(25)23(13(2)22-24)18-21-17(11-26-18)14-5-7-15(20)8-6-14/h3-11H,1-2H3. The van der Waals surface area contributed by atoms with Crippen molar-refractivity contribution in [1.29, 1.82) is 0 Å². The summed E-state index contributed by atoms with van der Waals surface area (Å²) in [6.45, 7) is 3.82. The summed E-state index contributed by atoms with van der Waals surface area (Å²) in [5.74, 6) is 0.604. The van der Waals surface area contributed by atoms with Crippen LogP contribution in [0, 0.1) is 13.8 Å². The van der Waals surface area contributed by atoms with Crippen molar-refractivity contribution in [3.05, 3.63) is 80.3 Å². The highest BCUT2D eigenvalue weighted by Gasteiger charge is 2.16. The van der Waals surface area contributed by atoms with Crippen LogP contribution in [0.3, 0.4) is 0 Å². The Labute approximate surface area is 162 Å². The molecule has 0 spiro atoms. The van der Waals surface area contributed by atoms with E-state index in [-0.39, 0.29) is 5.69 Å². The molecule has 0 atom stereocenters. The molecule has 0 bridgehead atoms. The third-order valence-electron chi connectivity index (χ3n) is 4.04. The Hall–Kier alpha value is -2.51. The Kier molecular flexibility index (Phi) is 4.34. The summed E-state index contributed by atoms with van der Waals surface area (Å²) < 4.78 is 3.98. The summed E-state index contributed by atoms with van der Waals surface area (Å²) in [7, 11) is 0. The van der Waals surface area contributed by atoms with Crippen molar-refractivity contribution < 1.29 is 0 Å². The minimum Gasteiger partial charge on any atom is -0.245 e. The van der Waals surface area contributed by atoms with Crippen LogP contribution in [0.1, 0.15) is 11.4 Å². The van der Waals surface area contributed by atoms with E-state index in [9.17, 15) is 4.79 Å². The highest BCUT2D eigenvalue weighted by Crippen LogP contribution is 2.25. The van der Waals surface area contributed by atoms with Crippen LogP contribution in [0.2, 0.25) is 0 Å². The summed E-state index contributed by atoms with van der Waals surface area (Å²) in [5, 5.41) is 6.97. The number of benzene rings is 2. The molecule has 0 aliphatic carbocycles. The molecule has 0 saturated heterocycles. The first-order valence-corrected chi connectivity index (χ1v) is 9.68. The normalized spacial score (nSPS) is 11.0. The van der Waals surface area contributed by atoms with Crippen LogP contribution in [0.15, 0.2) is 63.2 Å². The number of thiazole rings is 1. The zero-order chi connectivity index (χ0) is 18.3. The number of hydrogen-bond acceptors (Lipinski definition) is 4. The van der Waals surface area contributed by atoms with Crippen LogP contribution >= 0.6 is 27.3 Å². The van der Waals surface area contributed by atoms with E-state index in [1.807, 2.05) is 67.8 Å². The predicted octanol–water partition coefficient (Wildman–Crippen LogP) is 4.53. The van der Waals surface area contributed by atoms with E-state index in [0.29, 0.717) is 11.0 Å². The van der Waals surface area contributed by atoms with Crippen molar-refractivity contribution in [2.45, 2.75) is 13.8 Å². The monoisotopic (exact) mass is 426 g/mol. The number of rotatable bonds is 3. The summed E-state index contributed by atoms with van der Waals surface area (Å²) in [6, 6.07) is 15.6. The molecule has 5 nitrogen and oxygen atoms in total. The van der Waals surface area contributed by atoms with Crippen LogP contribution < -0.4 is 5.69 Å². The lowest BCUT2D eigenvalue weighted by Gasteiger charge is -1.99. The lowest BCUT2D eigenvalue weighted by molar-refractivity contribution is 0.825. The maximum absolute atomic E-state index is 12.9. The van der Waals surface area contributed by atoms with Gasteiger partial charge in [0.05, 0.1) is 11.4 Å². The second-order valence-corrected chi connectivity index (χ2v) is 7.69. The maximum atomic E-state index is 12.9. The minimum absolute atomic E-state index is 0.219. The van der Waals surface area contributed by atoms with E-state index in [2.05, 4.69) is 26.0 Å². The topological polar surface area (TPSA) is 52.7 Å². The molecule has 26 heavy (non-hydrogen) atoms. The van der Waals surface area contributed by atoms with E-state index in [1.54, 1.807) is 4.57 Å². The van der Waals surface area contributed by atoms with Gasteiger partial charge in [0, 0.05) is 15.4 Å². The van der Waals surface area contributed by atoms with Gasteiger partial charge >= 0.3 is 5.69 Å². The van der Waals surface area contributed by atoms with Gasteiger partial charge in [0.2, 0.25) is 0 Å². The molecule has 0 aliphatic heterocycles.